The molecule has 0 bridgehead atoms. The molecule has 2 aromatic rings. The molecule has 0 saturated carbocycles. The van der Waals surface area contributed by atoms with Crippen molar-refractivity contribution < 1.29 is 23.8 Å². The smallest absolute Gasteiger partial charge is 0.311 e. The topological polar surface area (TPSA) is 55.8 Å². The van der Waals surface area contributed by atoms with Crippen LogP contribution >= 0.6 is 11.3 Å². The van der Waals surface area contributed by atoms with Gasteiger partial charge in [0.2, 0.25) is 0 Å². The number of fused-ring (bicyclic) bond motifs is 1. The SMILES string of the molecule is COC(=O)C(C)(C)CCc1cc2c(F)c(O)c(OC)cc2s1. The highest BCUT2D eigenvalue weighted by molar-refractivity contribution is 7.19. The van der Waals surface area contributed by atoms with E-state index in [1.807, 2.05) is 13.8 Å². The summed E-state index contributed by atoms with van der Waals surface area (Å²) in [4.78, 5) is 12.6. The second-order valence-corrected chi connectivity index (χ2v) is 6.91. The zero-order chi connectivity index (χ0) is 16.5. The van der Waals surface area contributed by atoms with Gasteiger partial charge in [-0.25, -0.2) is 4.39 Å². The van der Waals surface area contributed by atoms with Crippen LogP contribution in [-0.4, -0.2) is 25.3 Å². The minimum Gasteiger partial charge on any atom is -0.502 e. The summed E-state index contributed by atoms with van der Waals surface area (Å²) < 4.78 is 24.6. The summed E-state index contributed by atoms with van der Waals surface area (Å²) in [5, 5.41) is 10.1. The summed E-state index contributed by atoms with van der Waals surface area (Å²) in [5.74, 6) is -1.30. The monoisotopic (exact) mass is 326 g/mol. The van der Waals surface area contributed by atoms with Crippen LogP contribution < -0.4 is 4.74 Å². The van der Waals surface area contributed by atoms with E-state index in [0.717, 1.165) is 4.88 Å². The summed E-state index contributed by atoms with van der Waals surface area (Å²) in [6, 6.07) is 3.33. The van der Waals surface area contributed by atoms with Gasteiger partial charge in [-0.2, -0.15) is 0 Å². The summed E-state index contributed by atoms with van der Waals surface area (Å²) in [5.41, 5.74) is -0.594. The van der Waals surface area contributed by atoms with Gasteiger partial charge in [0.05, 0.1) is 19.6 Å². The van der Waals surface area contributed by atoms with E-state index in [9.17, 15) is 14.3 Å². The number of hydrogen-bond donors (Lipinski definition) is 1. The van der Waals surface area contributed by atoms with Gasteiger partial charge in [-0.1, -0.05) is 0 Å². The van der Waals surface area contributed by atoms with Crippen molar-refractivity contribution in [1.82, 2.24) is 0 Å². The fourth-order valence-corrected chi connectivity index (χ4v) is 3.34. The molecule has 1 heterocycles. The molecule has 0 atom stereocenters. The lowest BCUT2D eigenvalue weighted by atomic mass is 9.87. The zero-order valence-corrected chi connectivity index (χ0v) is 13.8. The highest BCUT2D eigenvalue weighted by Crippen LogP contribution is 2.39. The van der Waals surface area contributed by atoms with Crippen molar-refractivity contribution in [1.29, 1.82) is 0 Å². The van der Waals surface area contributed by atoms with Gasteiger partial charge < -0.3 is 14.6 Å². The first-order valence-electron chi connectivity index (χ1n) is 6.86. The summed E-state index contributed by atoms with van der Waals surface area (Å²) >= 11 is 1.43. The van der Waals surface area contributed by atoms with Gasteiger partial charge in [0.25, 0.3) is 0 Å². The molecule has 1 N–H and O–H groups in total. The molecule has 0 spiro atoms. The molecule has 0 aliphatic heterocycles. The fraction of sp³-hybridized carbons (Fsp3) is 0.438. The lowest BCUT2D eigenvalue weighted by Crippen LogP contribution is -2.26. The van der Waals surface area contributed by atoms with Gasteiger partial charge in [-0.05, 0) is 32.8 Å². The van der Waals surface area contributed by atoms with Crippen molar-refractivity contribution in [2.24, 2.45) is 5.41 Å². The molecule has 1 aromatic carbocycles. The molecule has 0 saturated heterocycles. The van der Waals surface area contributed by atoms with Crippen molar-refractivity contribution in [2.75, 3.05) is 14.2 Å². The van der Waals surface area contributed by atoms with Crippen molar-refractivity contribution in [3.05, 3.63) is 22.8 Å². The average Bonchev–Trinajstić information content (AvgIpc) is 2.91. The van der Waals surface area contributed by atoms with Crippen LogP contribution in [0.5, 0.6) is 11.5 Å². The fourth-order valence-electron chi connectivity index (χ4n) is 2.25. The second-order valence-electron chi connectivity index (χ2n) is 5.74. The van der Waals surface area contributed by atoms with Crippen molar-refractivity contribution >= 4 is 27.4 Å². The first kappa shape index (κ1) is 16.5. The number of hydrogen-bond acceptors (Lipinski definition) is 5. The van der Waals surface area contributed by atoms with Gasteiger partial charge in [0.15, 0.2) is 17.3 Å². The van der Waals surface area contributed by atoms with Crippen LogP contribution in [0.3, 0.4) is 0 Å². The maximum absolute atomic E-state index is 14.1. The number of methoxy groups -OCH3 is 2. The maximum Gasteiger partial charge on any atom is 0.311 e. The number of aromatic hydroxyl groups is 1. The third-order valence-electron chi connectivity index (χ3n) is 3.71. The number of phenolic OH excluding ortho intramolecular Hbond substituents is 1. The third kappa shape index (κ3) is 3.02. The van der Waals surface area contributed by atoms with E-state index in [4.69, 9.17) is 9.47 Å². The van der Waals surface area contributed by atoms with Crippen LogP contribution in [0.4, 0.5) is 4.39 Å². The lowest BCUT2D eigenvalue weighted by molar-refractivity contribution is -0.151. The number of benzene rings is 1. The van der Waals surface area contributed by atoms with Crippen molar-refractivity contribution in [3.8, 4) is 11.5 Å². The highest BCUT2D eigenvalue weighted by Gasteiger charge is 2.28. The van der Waals surface area contributed by atoms with Crippen LogP contribution in [0.1, 0.15) is 25.1 Å². The Morgan fingerprint density at radius 3 is 2.64 bits per heavy atom. The molecule has 0 aliphatic carbocycles. The number of rotatable bonds is 5. The molecule has 0 unspecified atom stereocenters. The summed E-state index contributed by atoms with van der Waals surface area (Å²) in [6.07, 6.45) is 1.22. The minimum atomic E-state index is -0.677. The van der Waals surface area contributed by atoms with Crippen molar-refractivity contribution in [2.45, 2.75) is 26.7 Å². The number of ether oxygens (including phenoxy) is 2. The summed E-state index contributed by atoms with van der Waals surface area (Å²) in [7, 11) is 2.75. The van der Waals surface area contributed by atoms with E-state index in [1.54, 1.807) is 12.1 Å². The molecule has 0 aliphatic rings. The van der Waals surface area contributed by atoms with E-state index in [1.165, 1.54) is 25.6 Å². The van der Waals surface area contributed by atoms with Gasteiger partial charge >= 0.3 is 5.97 Å². The lowest BCUT2D eigenvalue weighted by Gasteiger charge is -2.20. The zero-order valence-electron chi connectivity index (χ0n) is 13.0. The van der Waals surface area contributed by atoms with Gasteiger partial charge in [0.1, 0.15) is 0 Å². The predicted molar refractivity (Wildman–Crippen MR) is 84.1 cm³/mol. The van der Waals surface area contributed by atoms with Crippen LogP contribution in [-0.2, 0) is 16.0 Å². The Kier molecular flexibility index (Phi) is 4.60. The number of phenols is 1. The Bertz CT molecular complexity index is 706. The molecule has 0 fully saturated rings. The largest absolute Gasteiger partial charge is 0.502 e. The number of thiophene rings is 1. The van der Waals surface area contributed by atoms with Gasteiger partial charge in [-0.15, -0.1) is 11.3 Å². The van der Waals surface area contributed by atoms with Crippen molar-refractivity contribution in [3.63, 3.8) is 0 Å². The standard InChI is InChI=1S/C16H19FO4S/c1-16(2,15(19)21-4)6-5-9-7-10-12(22-9)8-11(20-3)14(18)13(10)17/h7-8,18H,5-6H2,1-4H3. The Morgan fingerprint density at radius 1 is 1.36 bits per heavy atom. The number of halogens is 1. The van der Waals surface area contributed by atoms with Crippen LogP contribution in [0.25, 0.3) is 10.1 Å². The van der Waals surface area contributed by atoms with Gasteiger partial charge in [0, 0.05) is 21.0 Å². The quantitative estimate of drug-likeness (QED) is 0.847. The van der Waals surface area contributed by atoms with Gasteiger partial charge in [-0.3, -0.25) is 4.79 Å². The minimum absolute atomic E-state index is 0.119. The van der Waals surface area contributed by atoms with E-state index in [-0.39, 0.29) is 11.7 Å². The number of carbonyl (C=O) groups excluding carboxylic acids is 1. The van der Waals surface area contributed by atoms with E-state index >= 15 is 0 Å². The molecule has 1 aromatic heterocycles. The Hall–Kier alpha value is -1.82. The summed E-state index contributed by atoms with van der Waals surface area (Å²) in [6.45, 7) is 3.64. The molecule has 22 heavy (non-hydrogen) atoms. The number of carbonyl (C=O) groups is 1. The molecule has 120 valence electrons. The third-order valence-corrected chi connectivity index (χ3v) is 4.85. The molecule has 0 radical (unpaired) electrons. The van der Waals surface area contributed by atoms with Crippen LogP contribution in [0.15, 0.2) is 12.1 Å². The Morgan fingerprint density at radius 2 is 2.05 bits per heavy atom. The maximum atomic E-state index is 14.1. The molecule has 2 rings (SSSR count). The van der Waals surface area contributed by atoms with Crippen LogP contribution in [0, 0.1) is 11.2 Å². The Balaban J connectivity index is 2.27. The highest BCUT2D eigenvalue weighted by atomic mass is 32.1. The molecule has 6 heteroatoms. The number of aryl methyl sites for hydroxylation is 1. The second kappa shape index (κ2) is 6.12. The first-order chi connectivity index (χ1) is 10.3. The predicted octanol–water partition coefficient (Wildman–Crippen LogP) is 3.89. The normalized spacial score (nSPS) is 11.7. The van der Waals surface area contributed by atoms with E-state index in [2.05, 4.69) is 0 Å². The van der Waals surface area contributed by atoms with E-state index in [0.29, 0.717) is 22.9 Å². The first-order valence-corrected chi connectivity index (χ1v) is 7.68. The molecular weight excluding hydrogens is 307 g/mol. The number of esters is 1. The van der Waals surface area contributed by atoms with Crippen LogP contribution in [0.2, 0.25) is 0 Å². The molecule has 4 nitrogen and oxygen atoms in total. The van der Waals surface area contributed by atoms with E-state index < -0.39 is 17.0 Å². The Labute approximate surface area is 132 Å². The molecular formula is C16H19FO4S. The average molecular weight is 326 g/mol. The molecule has 0 amide bonds.